The highest BCUT2D eigenvalue weighted by Crippen LogP contribution is 2.22. The predicted molar refractivity (Wildman–Crippen MR) is 121 cm³/mol. The van der Waals surface area contributed by atoms with Crippen molar-refractivity contribution in [3.8, 4) is 5.75 Å². The summed E-state index contributed by atoms with van der Waals surface area (Å²) < 4.78 is 23.3. The Morgan fingerprint density at radius 2 is 1.65 bits per heavy atom. The second-order valence-electron chi connectivity index (χ2n) is 8.75. The van der Waals surface area contributed by atoms with Gasteiger partial charge in [0, 0.05) is 6.61 Å². The molecule has 0 bridgehead atoms. The van der Waals surface area contributed by atoms with Gasteiger partial charge >= 0.3 is 11.9 Å². The average Bonchev–Trinajstić information content (AvgIpc) is 2.70. The van der Waals surface area contributed by atoms with E-state index in [0.717, 1.165) is 6.42 Å². The minimum Gasteiger partial charge on any atom is -0.484 e. The lowest BCUT2D eigenvalue weighted by atomic mass is 10.0. The van der Waals surface area contributed by atoms with Crippen LogP contribution in [0.4, 0.5) is 0 Å². The van der Waals surface area contributed by atoms with Gasteiger partial charge in [-0.15, -0.1) is 0 Å². The topological polar surface area (TPSA) is 71.1 Å². The summed E-state index contributed by atoms with van der Waals surface area (Å²) in [5, 5.41) is 0. The van der Waals surface area contributed by atoms with Crippen LogP contribution in [0.15, 0.2) is 30.3 Å². The van der Waals surface area contributed by atoms with Gasteiger partial charge in [-0.3, -0.25) is 9.59 Å². The van der Waals surface area contributed by atoms with Crippen molar-refractivity contribution in [1.82, 2.24) is 0 Å². The van der Waals surface area contributed by atoms with Crippen molar-refractivity contribution >= 4 is 11.9 Å². The minimum absolute atomic E-state index is 0.00687. The van der Waals surface area contributed by atoms with Gasteiger partial charge in [-0.25, -0.2) is 0 Å². The van der Waals surface area contributed by atoms with Crippen LogP contribution >= 0.6 is 0 Å². The first-order valence-corrected chi connectivity index (χ1v) is 11.4. The monoisotopic (exact) mass is 436 g/mol. The number of hydrogen-bond donors (Lipinski definition) is 0. The molecule has 6 nitrogen and oxygen atoms in total. The standard InChI is InChI=1S/C25H40O6/c1-8-16-28-21(10-3)23(30-20-14-12-11-13-15-20)18(4)29-24(27)19(9-2)17-22(26)31-25(5,6)7/h11-15,18-19,21,23H,8-10,16-17H2,1-7H3/t18-,19+,21-,23-/m0/s1. The van der Waals surface area contributed by atoms with Crippen LogP contribution in [0.3, 0.4) is 0 Å². The molecule has 4 atom stereocenters. The zero-order valence-electron chi connectivity index (χ0n) is 20.2. The van der Waals surface area contributed by atoms with Crippen LogP contribution in [0.1, 0.15) is 74.1 Å². The van der Waals surface area contributed by atoms with Crippen molar-refractivity contribution in [1.29, 1.82) is 0 Å². The summed E-state index contributed by atoms with van der Waals surface area (Å²) in [7, 11) is 0. The molecule has 0 amide bonds. The van der Waals surface area contributed by atoms with Gasteiger partial charge in [0.1, 0.15) is 17.5 Å². The van der Waals surface area contributed by atoms with Gasteiger partial charge in [0.05, 0.1) is 18.4 Å². The lowest BCUT2D eigenvalue weighted by Gasteiger charge is -2.32. The molecule has 0 spiro atoms. The molecule has 0 saturated heterocycles. The normalized spacial score (nSPS) is 15.5. The molecule has 6 heteroatoms. The maximum absolute atomic E-state index is 12.8. The maximum atomic E-state index is 12.8. The van der Waals surface area contributed by atoms with Gasteiger partial charge in [-0.05, 0) is 59.1 Å². The molecule has 1 aromatic rings. The van der Waals surface area contributed by atoms with E-state index in [1.807, 2.05) is 58.0 Å². The third kappa shape index (κ3) is 10.2. The Balaban J connectivity index is 2.89. The molecule has 0 aromatic heterocycles. The predicted octanol–water partition coefficient (Wildman–Crippen LogP) is 5.33. The number of benzene rings is 1. The molecule has 0 aliphatic carbocycles. The first kappa shape index (κ1) is 27.0. The minimum atomic E-state index is -0.591. The Bertz CT molecular complexity index is 652. The third-order valence-corrected chi connectivity index (χ3v) is 4.74. The number of carbonyl (C=O) groups excluding carboxylic acids is 2. The summed E-state index contributed by atoms with van der Waals surface area (Å²) in [6.07, 6.45) is 0.828. The SMILES string of the molecule is CCCO[C@@H](CC)[C@@H](Oc1ccccc1)[C@H](C)OC(=O)[C@H](CC)CC(=O)OC(C)(C)C. The Morgan fingerprint density at radius 1 is 1.00 bits per heavy atom. The van der Waals surface area contributed by atoms with Crippen LogP contribution in [-0.2, 0) is 23.8 Å². The fraction of sp³-hybridized carbons (Fsp3) is 0.680. The fourth-order valence-corrected chi connectivity index (χ4v) is 3.17. The van der Waals surface area contributed by atoms with Crippen LogP contribution in [0.2, 0.25) is 0 Å². The van der Waals surface area contributed by atoms with Crippen LogP contribution < -0.4 is 4.74 Å². The van der Waals surface area contributed by atoms with Gasteiger partial charge in [0.25, 0.3) is 0 Å². The average molecular weight is 437 g/mol. The van der Waals surface area contributed by atoms with E-state index in [1.165, 1.54) is 0 Å². The van der Waals surface area contributed by atoms with E-state index in [4.69, 9.17) is 18.9 Å². The number of hydrogen-bond acceptors (Lipinski definition) is 6. The Morgan fingerprint density at radius 3 is 2.16 bits per heavy atom. The smallest absolute Gasteiger partial charge is 0.309 e. The summed E-state index contributed by atoms with van der Waals surface area (Å²) in [5.74, 6) is -0.701. The van der Waals surface area contributed by atoms with Gasteiger partial charge < -0.3 is 18.9 Å². The molecule has 0 N–H and O–H groups in total. The molecule has 176 valence electrons. The summed E-state index contributed by atoms with van der Waals surface area (Å²) in [6, 6.07) is 9.44. The largest absolute Gasteiger partial charge is 0.484 e. The van der Waals surface area contributed by atoms with Crippen LogP contribution in [0.25, 0.3) is 0 Å². The summed E-state index contributed by atoms with van der Waals surface area (Å²) in [4.78, 5) is 25.0. The Kier molecular flexibility index (Phi) is 11.6. The van der Waals surface area contributed by atoms with E-state index in [1.54, 1.807) is 20.8 Å². The zero-order chi connectivity index (χ0) is 23.4. The molecule has 0 radical (unpaired) electrons. The van der Waals surface area contributed by atoms with E-state index in [2.05, 4.69) is 0 Å². The highest BCUT2D eigenvalue weighted by atomic mass is 16.6. The molecular weight excluding hydrogens is 396 g/mol. The number of ether oxygens (including phenoxy) is 4. The second-order valence-corrected chi connectivity index (χ2v) is 8.75. The Labute approximate surface area is 187 Å². The highest BCUT2D eigenvalue weighted by Gasteiger charge is 2.33. The quantitative estimate of drug-likeness (QED) is 0.389. The summed E-state index contributed by atoms with van der Waals surface area (Å²) >= 11 is 0. The molecule has 31 heavy (non-hydrogen) atoms. The van der Waals surface area contributed by atoms with E-state index in [-0.39, 0.29) is 12.5 Å². The van der Waals surface area contributed by atoms with Crippen molar-refractivity contribution < 1.29 is 28.5 Å². The molecule has 0 aliphatic rings. The number of esters is 2. The number of rotatable bonds is 13. The number of para-hydroxylation sites is 1. The van der Waals surface area contributed by atoms with E-state index in [9.17, 15) is 9.59 Å². The zero-order valence-corrected chi connectivity index (χ0v) is 20.2. The molecular formula is C25H40O6. The highest BCUT2D eigenvalue weighted by molar-refractivity contribution is 5.80. The molecule has 0 unspecified atom stereocenters. The lowest BCUT2D eigenvalue weighted by Crippen LogP contribution is -2.45. The molecule has 0 aliphatic heterocycles. The van der Waals surface area contributed by atoms with E-state index in [0.29, 0.717) is 25.2 Å². The summed E-state index contributed by atoms with van der Waals surface area (Å²) in [6.45, 7) is 13.8. The van der Waals surface area contributed by atoms with Crippen molar-refractivity contribution in [2.75, 3.05) is 6.61 Å². The van der Waals surface area contributed by atoms with E-state index >= 15 is 0 Å². The molecule has 1 aromatic carbocycles. The third-order valence-electron chi connectivity index (χ3n) is 4.74. The fourth-order valence-electron chi connectivity index (χ4n) is 3.17. The first-order chi connectivity index (χ1) is 14.6. The van der Waals surface area contributed by atoms with Crippen molar-refractivity contribution in [2.24, 2.45) is 5.92 Å². The molecule has 0 fully saturated rings. The number of carbonyl (C=O) groups is 2. The second kappa shape index (κ2) is 13.4. The van der Waals surface area contributed by atoms with Gasteiger partial charge in [0.2, 0.25) is 0 Å². The van der Waals surface area contributed by atoms with Crippen molar-refractivity contribution in [3.63, 3.8) is 0 Å². The first-order valence-electron chi connectivity index (χ1n) is 11.4. The molecule has 0 saturated carbocycles. The van der Waals surface area contributed by atoms with Gasteiger partial charge in [-0.1, -0.05) is 39.0 Å². The van der Waals surface area contributed by atoms with Crippen LogP contribution in [-0.4, -0.2) is 42.5 Å². The van der Waals surface area contributed by atoms with Crippen LogP contribution in [0.5, 0.6) is 5.75 Å². The molecule has 0 heterocycles. The molecule has 1 rings (SSSR count). The van der Waals surface area contributed by atoms with E-state index < -0.39 is 35.7 Å². The van der Waals surface area contributed by atoms with Crippen molar-refractivity contribution in [2.45, 2.75) is 98.1 Å². The van der Waals surface area contributed by atoms with Crippen molar-refractivity contribution in [3.05, 3.63) is 30.3 Å². The summed E-state index contributed by atoms with van der Waals surface area (Å²) in [5.41, 5.74) is -0.591. The van der Waals surface area contributed by atoms with Gasteiger partial charge in [-0.2, -0.15) is 0 Å². The lowest BCUT2D eigenvalue weighted by molar-refractivity contribution is -0.169. The maximum Gasteiger partial charge on any atom is 0.309 e. The van der Waals surface area contributed by atoms with Crippen LogP contribution in [0, 0.1) is 5.92 Å². The Hall–Kier alpha value is -2.08. The van der Waals surface area contributed by atoms with Gasteiger partial charge in [0.15, 0.2) is 6.10 Å².